The Hall–Kier alpha value is -2.43. The largest absolute Gasteiger partial charge is 0.491 e. The van der Waals surface area contributed by atoms with Gasteiger partial charge < -0.3 is 19.5 Å². The van der Waals surface area contributed by atoms with E-state index in [1.807, 2.05) is 16.7 Å². The zero-order chi connectivity index (χ0) is 22.4. The number of aromatic carboxylic acids is 1. The molecule has 0 atom stereocenters. The SMILES string of the molecule is COCCOc1ccc(S(=O)(=O)Nc2ccc(N3CCSCC3)c(C(=O)O)c2)cc1C. The quantitative estimate of drug-likeness (QED) is 0.543. The van der Waals surface area contributed by atoms with Crippen molar-refractivity contribution in [2.24, 2.45) is 0 Å². The molecule has 1 aliphatic rings. The van der Waals surface area contributed by atoms with Crippen molar-refractivity contribution in [1.29, 1.82) is 0 Å². The molecule has 0 aromatic heterocycles. The van der Waals surface area contributed by atoms with Crippen molar-refractivity contribution in [3.05, 3.63) is 47.5 Å². The number of aryl methyl sites for hydroxylation is 1. The van der Waals surface area contributed by atoms with Crippen molar-refractivity contribution < 1.29 is 27.8 Å². The summed E-state index contributed by atoms with van der Waals surface area (Å²) in [5.74, 6) is 1.34. The van der Waals surface area contributed by atoms with E-state index in [-0.39, 0.29) is 16.1 Å². The van der Waals surface area contributed by atoms with Crippen LogP contribution in [0.2, 0.25) is 0 Å². The Morgan fingerprint density at radius 2 is 1.90 bits per heavy atom. The summed E-state index contributed by atoms with van der Waals surface area (Å²) in [6.07, 6.45) is 0. The Kier molecular flexibility index (Phi) is 7.69. The maximum absolute atomic E-state index is 12.9. The zero-order valence-electron chi connectivity index (χ0n) is 17.5. The fraction of sp³-hybridized carbons (Fsp3) is 0.381. The predicted octanol–water partition coefficient (Wildman–Crippen LogP) is 3.07. The van der Waals surface area contributed by atoms with Crippen LogP contribution in [-0.4, -0.2) is 64.4 Å². The van der Waals surface area contributed by atoms with Crippen LogP contribution < -0.4 is 14.4 Å². The number of carboxylic acids is 1. The van der Waals surface area contributed by atoms with E-state index in [0.29, 0.717) is 30.2 Å². The van der Waals surface area contributed by atoms with E-state index in [1.165, 1.54) is 18.2 Å². The third-order valence-corrected chi connectivity index (χ3v) is 7.15. The van der Waals surface area contributed by atoms with Crippen LogP contribution in [0.5, 0.6) is 5.75 Å². The Morgan fingerprint density at radius 3 is 2.55 bits per heavy atom. The molecule has 1 fully saturated rings. The Morgan fingerprint density at radius 1 is 1.16 bits per heavy atom. The number of carboxylic acid groups (broad SMARTS) is 1. The van der Waals surface area contributed by atoms with Crippen LogP contribution in [0, 0.1) is 6.92 Å². The number of rotatable bonds is 9. The van der Waals surface area contributed by atoms with Crippen LogP contribution in [0.25, 0.3) is 0 Å². The summed E-state index contributed by atoms with van der Waals surface area (Å²) >= 11 is 1.83. The number of methoxy groups -OCH3 is 1. The normalized spacial score (nSPS) is 14.3. The fourth-order valence-corrected chi connectivity index (χ4v) is 5.29. The third-order valence-electron chi connectivity index (χ3n) is 4.83. The number of sulfonamides is 1. The number of carbonyl (C=O) groups is 1. The summed E-state index contributed by atoms with van der Waals surface area (Å²) in [7, 11) is -2.32. The summed E-state index contributed by atoms with van der Waals surface area (Å²) in [5, 5.41) is 9.66. The van der Waals surface area contributed by atoms with E-state index >= 15 is 0 Å². The topological polar surface area (TPSA) is 105 Å². The van der Waals surface area contributed by atoms with Crippen LogP contribution in [0.15, 0.2) is 41.3 Å². The van der Waals surface area contributed by atoms with Gasteiger partial charge in [0, 0.05) is 37.4 Å². The monoisotopic (exact) mass is 466 g/mol. The van der Waals surface area contributed by atoms with Gasteiger partial charge in [-0.25, -0.2) is 13.2 Å². The molecule has 3 rings (SSSR count). The van der Waals surface area contributed by atoms with Crippen molar-refractivity contribution in [3.63, 3.8) is 0 Å². The Labute approximate surface area is 186 Å². The molecule has 1 heterocycles. The van der Waals surface area contributed by atoms with Crippen molar-refractivity contribution in [2.75, 3.05) is 54.5 Å². The fourth-order valence-electron chi connectivity index (χ4n) is 3.25. The molecule has 10 heteroatoms. The second-order valence-electron chi connectivity index (χ2n) is 7.01. The lowest BCUT2D eigenvalue weighted by Gasteiger charge is -2.29. The molecule has 1 saturated heterocycles. The van der Waals surface area contributed by atoms with Crippen LogP contribution in [0.3, 0.4) is 0 Å². The van der Waals surface area contributed by atoms with E-state index < -0.39 is 16.0 Å². The van der Waals surface area contributed by atoms with Crippen LogP contribution >= 0.6 is 11.8 Å². The maximum Gasteiger partial charge on any atom is 0.337 e. The minimum atomic E-state index is -3.90. The molecule has 0 unspecified atom stereocenters. The molecule has 0 aliphatic carbocycles. The second-order valence-corrected chi connectivity index (χ2v) is 9.92. The summed E-state index contributed by atoms with van der Waals surface area (Å²) in [6.45, 7) is 4.07. The number of thioether (sulfide) groups is 1. The van der Waals surface area contributed by atoms with Crippen LogP contribution in [0.4, 0.5) is 11.4 Å². The molecule has 0 bridgehead atoms. The molecular formula is C21H26N2O6S2. The van der Waals surface area contributed by atoms with Gasteiger partial charge in [-0.05, 0) is 48.9 Å². The molecular weight excluding hydrogens is 440 g/mol. The number of nitrogens with zero attached hydrogens (tertiary/aromatic N) is 1. The average molecular weight is 467 g/mol. The number of benzene rings is 2. The summed E-state index contributed by atoms with van der Waals surface area (Å²) in [6, 6.07) is 9.19. The zero-order valence-corrected chi connectivity index (χ0v) is 19.1. The number of nitrogens with one attached hydrogen (secondary N) is 1. The molecule has 8 nitrogen and oxygen atoms in total. The number of ether oxygens (including phenoxy) is 2. The first-order chi connectivity index (χ1) is 14.8. The van der Waals surface area contributed by atoms with Gasteiger partial charge in [0.05, 0.1) is 22.8 Å². The molecule has 31 heavy (non-hydrogen) atoms. The lowest BCUT2D eigenvalue weighted by Crippen LogP contribution is -2.33. The maximum atomic E-state index is 12.9. The molecule has 1 aliphatic heterocycles. The second kappa shape index (κ2) is 10.3. The average Bonchev–Trinajstić information content (AvgIpc) is 2.75. The van der Waals surface area contributed by atoms with Gasteiger partial charge in [0.1, 0.15) is 12.4 Å². The minimum Gasteiger partial charge on any atom is -0.491 e. The van der Waals surface area contributed by atoms with Gasteiger partial charge in [0.25, 0.3) is 10.0 Å². The highest BCUT2D eigenvalue weighted by Crippen LogP contribution is 2.29. The lowest BCUT2D eigenvalue weighted by atomic mass is 10.1. The van der Waals surface area contributed by atoms with E-state index in [9.17, 15) is 18.3 Å². The number of hydrogen-bond donors (Lipinski definition) is 2. The molecule has 0 amide bonds. The van der Waals surface area contributed by atoms with Crippen LogP contribution in [-0.2, 0) is 14.8 Å². The van der Waals surface area contributed by atoms with Gasteiger partial charge in [0.15, 0.2) is 0 Å². The summed E-state index contributed by atoms with van der Waals surface area (Å²) in [4.78, 5) is 13.9. The standard InChI is InChI=1S/C21H26N2O6S2/c1-15-13-17(4-6-20(15)29-10-9-28-2)31(26,27)22-16-3-5-19(18(14-16)21(24)25)23-7-11-30-12-8-23/h3-6,13-14,22H,7-12H2,1-2H3,(H,24,25). The molecule has 0 saturated carbocycles. The van der Waals surface area contributed by atoms with Gasteiger partial charge >= 0.3 is 5.97 Å². The summed E-state index contributed by atoms with van der Waals surface area (Å²) in [5.41, 5.74) is 1.54. The predicted molar refractivity (Wildman–Crippen MR) is 122 cm³/mol. The lowest BCUT2D eigenvalue weighted by molar-refractivity contribution is 0.0697. The first kappa shape index (κ1) is 23.2. The highest BCUT2D eigenvalue weighted by atomic mass is 32.2. The van der Waals surface area contributed by atoms with Crippen molar-refractivity contribution >= 4 is 39.1 Å². The van der Waals surface area contributed by atoms with E-state index in [0.717, 1.165) is 24.6 Å². The Balaban J connectivity index is 1.81. The molecule has 2 aromatic carbocycles. The van der Waals surface area contributed by atoms with Gasteiger partial charge in [-0.3, -0.25) is 4.72 Å². The van der Waals surface area contributed by atoms with Gasteiger partial charge in [-0.15, -0.1) is 0 Å². The van der Waals surface area contributed by atoms with Crippen LogP contribution in [0.1, 0.15) is 15.9 Å². The molecule has 168 valence electrons. The number of hydrogen-bond acceptors (Lipinski definition) is 7. The van der Waals surface area contributed by atoms with Crippen molar-refractivity contribution in [2.45, 2.75) is 11.8 Å². The highest BCUT2D eigenvalue weighted by Gasteiger charge is 2.21. The first-order valence-corrected chi connectivity index (χ1v) is 12.4. The minimum absolute atomic E-state index is 0.0677. The molecule has 0 radical (unpaired) electrons. The Bertz CT molecular complexity index is 1040. The molecule has 2 N–H and O–H groups in total. The van der Waals surface area contributed by atoms with E-state index in [1.54, 1.807) is 32.2 Å². The van der Waals surface area contributed by atoms with E-state index in [4.69, 9.17) is 9.47 Å². The van der Waals surface area contributed by atoms with Crippen molar-refractivity contribution in [3.8, 4) is 5.75 Å². The number of anilines is 2. The smallest absolute Gasteiger partial charge is 0.337 e. The van der Waals surface area contributed by atoms with Gasteiger partial charge in [-0.2, -0.15) is 11.8 Å². The molecule has 2 aromatic rings. The van der Waals surface area contributed by atoms with E-state index in [2.05, 4.69) is 4.72 Å². The van der Waals surface area contributed by atoms with Crippen molar-refractivity contribution in [1.82, 2.24) is 0 Å². The first-order valence-electron chi connectivity index (χ1n) is 9.77. The van der Waals surface area contributed by atoms with Gasteiger partial charge in [-0.1, -0.05) is 0 Å². The third kappa shape index (κ3) is 5.84. The van der Waals surface area contributed by atoms with Gasteiger partial charge in [0.2, 0.25) is 0 Å². The highest BCUT2D eigenvalue weighted by molar-refractivity contribution is 7.99. The molecule has 0 spiro atoms. The summed E-state index contributed by atoms with van der Waals surface area (Å²) < 4.78 is 38.7.